The number of ether oxygens (including phenoxy) is 3. The molecule has 0 radical (unpaired) electrons. The number of nitrogens with zero attached hydrogens (tertiary/aromatic N) is 1. The second kappa shape index (κ2) is 7.56. The minimum absolute atomic E-state index is 0.0771. The van der Waals surface area contributed by atoms with Crippen LogP contribution in [0.3, 0.4) is 0 Å². The fraction of sp³-hybridized carbons (Fsp3) is 0.682. The van der Waals surface area contributed by atoms with Crippen molar-refractivity contribution in [2.75, 3.05) is 13.7 Å². The number of rotatable bonds is 3. The molecule has 5 atom stereocenters. The van der Waals surface area contributed by atoms with Gasteiger partial charge >= 0.3 is 5.97 Å². The SMILES string of the molecule is CC[C@@H](O)[C@H]1CCC[C@H]2[C@@H]3C(=CCCN12)O/C(=C1/OC(=O)C(C)=C1OC)[C@H]3C. The summed E-state index contributed by atoms with van der Waals surface area (Å²) in [6.07, 6.45) is 6.82. The molecular weight excluding hydrogens is 358 g/mol. The number of piperidine rings is 1. The molecule has 4 rings (SSSR count). The summed E-state index contributed by atoms with van der Waals surface area (Å²) < 4.78 is 17.3. The van der Waals surface area contributed by atoms with Crippen molar-refractivity contribution in [1.29, 1.82) is 0 Å². The summed E-state index contributed by atoms with van der Waals surface area (Å²) in [6.45, 7) is 6.86. The molecule has 4 aliphatic rings. The average molecular weight is 389 g/mol. The first kappa shape index (κ1) is 19.5. The first-order chi connectivity index (χ1) is 13.5. The Bertz CT molecular complexity index is 752. The Morgan fingerprint density at radius 2 is 2.14 bits per heavy atom. The van der Waals surface area contributed by atoms with Crippen LogP contribution in [0.25, 0.3) is 0 Å². The van der Waals surface area contributed by atoms with Crippen molar-refractivity contribution in [2.45, 2.75) is 71.1 Å². The second-order valence-corrected chi connectivity index (χ2v) is 8.33. The highest BCUT2D eigenvalue weighted by atomic mass is 16.6. The van der Waals surface area contributed by atoms with Crippen LogP contribution in [0.15, 0.2) is 34.7 Å². The maximum atomic E-state index is 12.1. The maximum absolute atomic E-state index is 12.1. The van der Waals surface area contributed by atoms with Crippen LogP contribution in [0.2, 0.25) is 0 Å². The lowest BCUT2D eigenvalue weighted by atomic mass is 9.79. The summed E-state index contributed by atoms with van der Waals surface area (Å²) >= 11 is 0. The van der Waals surface area contributed by atoms with Gasteiger partial charge in [-0.15, -0.1) is 0 Å². The van der Waals surface area contributed by atoms with Crippen molar-refractivity contribution in [2.24, 2.45) is 11.8 Å². The Balaban J connectivity index is 1.69. The fourth-order valence-electron chi connectivity index (χ4n) is 5.41. The predicted octanol–water partition coefficient (Wildman–Crippen LogP) is 3.24. The molecular formula is C22H31NO5. The van der Waals surface area contributed by atoms with E-state index in [-0.39, 0.29) is 30.0 Å². The lowest BCUT2D eigenvalue weighted by Crippen LogP contribution is -2.54. The van der Waals surface area contributed by atoms with Crippen molar-refractivity contribution in [3.63, 3.8) is 0 Å². The van der Waals surface area contributed by atoms with Crippen molar-refractivity contribution >= 4 is 5.97 Å². The van der Waals surface area contributed by atoms with Gasteiger partial charge in [0.25, 0.3) is 0 Å². The number of esters is 1. The molecule has 0 spiro atoms. The Morgan fingerprint density at radius 3 is 2.86 bits per heavy atom. The van der Waals surface area contributed by atoms with Crippen LogP contribution in [-0.4, -0.2) is 47.8 Å². The monoisotopic (exact) mass is 389 g/mol. The van der Waals surface area contributed by atoms with Crippen molar-refractivity contribution in [1.82, 2.24) is 4.90 Å². The van der Waals surface area contributed by atoms with Crippen LogP contribution in [0.1, 0.15) is 52.9 Å². The van der Waals surface area contributed by atoms with Crippen molar-refractivity contribution < 1.29 is 24.1 Å². The number of fused-ring (bicyclic) bond motifs is 3. The molecule has 28 heavy (non-hydrogen) atoms. The Morgan fingerprint density at radius 1 is 1.36 bits per heavy atom. The third kappa shape index (κ3) is 2.98. The summed E-state index contributed by atoms with van der Waals surface area (Å²) in [5.74, 6) is 2.48. The minimum atomic E-state index is -0.373. The van der Waals surface area contributed by atoms with Crippen LogP contribution in [0.4, 0.5) is 0 Å². The van der Waals surface area contributed by atoms with Gasteiger partial charge in [-0.05, 0) is 38.7 Å². The molecule has 2 fully saturated rings. The normalized spacial score (nSPS) is 36.9. The van der Waals surface area contributed by atoms with Gasteiger partial charge in [0.15, 0.2) is 11.5 Å². The number of methoxy groups -OCH3 is 1. The van der Waals surface area contributed by atoms with Crippen molar-refractivity contribution in [3.8, 4) is 0 Å². The molecule has 0 aromatic carbocycles. The van der Waals surface area contributed by atoms with E-state index in [2.05, 4.69) is 24.8 Å². The van der Waals surface area contributed by atoms with Gasteiger partial charge in [-0.2, -0.15) is 0 Å². The first-order valence-electron chi connectivity index (χ1n) is 10.5. The molecule has 4 heterocycles. The molecule has 1 N–H and O–H groups in total. The van der Waals surface area contributed by atoms with Gasteiger partial charge < -0.3 is 19.3 Å². The summed E-state index contributed by atoms with van der Waals surface area (Å²) in [7, 11) is 1.55. The standard InChI is InChI=1S/C22H31NO5/c1-5-16(24)14-8-6-9-15-18-12(2)20(27-17(18)10-7-11-23(14)15)21-19(26-4)13(3)22(25)28-21/h10,12,14-16,18,24H,5-9,11H2,1-4H3/b21-20+/t12-,14+,15-,16+,18+/m0/s1. The van der Waals surface area contributed by atoms with E-state index in [1.165, 1.54) is 0 Å². The summed E-state index contributed by atoms with van der Waals surface area (Å²) in [5.41, 5.74) is 0.479. The molecule has 0 aliphatic carbocycles. The average Bonchev–Trinajstić information content (AvgIpc) is 3.08. The summed E-state index contributed by atoms with van der Waals surface area (Å²) in [6, 6.07) is 0.538. The van der Waals surface area contributed by atoms with Gasteiger partial charge in [0.05, 0.1) is 18.8 Å². The van der Waals surface area contributed by atoms with Gasteiger partial charge in [-0.1, -0.05) is 20.3 Å². The largest absolute Gasteiger partial charge is 0.492 e. The van der Waals surface area contributed by atoms with Gasteiger partial charge in [0.2, 0.25) is 5.76 Å². The van der Waals surface area contributed by atoms with Crippen LogP contribution in [0, 0.1) is 11.8 Å². The van der Waals surface area contributed by atoms with Crippen LogP contribution < -0.4 is 0 Å². The molecule has 0 unspecified atom stereocenters. The van der Waals surface area contributed by atoms with E-state index in [0.717, 1.165) is 44.4 Å². The molecule has 0 aromatic rings. The lowest BCUT2D eigenvalue weighted by Gasteiger charge is -2.46. The molecule has 154 valence electrons. The zero-order valence-electron chi connectivity index (χ0n) is 17.2. The highest BCUT2D eigenvalue weighted by Gasteiger charge is 2.49. The van der Waals surface area contributed by atoms with Gasteiger partial charge in [0, 0.05) is 30.5 Å². The van der Waals surface area contributed by atoms with E-state index >= 15 is 0 Å². The summed E-state index contributed by atoms with van der Waals surface area (Å²) in [5, 5.41) is 10.6. The number of hydrogen-bond acceptors (Lipinski definition) is 6. The molecule has 0 bridgehead atoms. The molecule has 2 saturated heterocycles. The highest BCUT2D eigenvalue weighted by molar-refractivity contribution is 5.93. The minimum Gasteiger partial charge on any atom is -0.492 e. The highest BCUT2D eigenvalue weighted by Crippen LogP contribution is 2.49. The topological polar surface area (TPSA) is 68.2 Å². The fourth-order valence-corrected chi connectivity index (χ4v) is 5.41. The van der Waals surface area contributed by atoms with E-state index in [9.17, 15) is 9.90 Å². The van der Waals surface area contributed by atoms with E-state index in [1.807, 2.05) is 0 Å². The number of carbonyl (C=O) groups is 1. The van der Waals surface area contributed by atoms with Gasteiger partial charge in [-0.25, -0.2) is 4.79 Å². The van der Waals surface area contributed by atoms with Crippen LogP contribution in [0.5, 0.6) is 0 Å². The van der Waals surface area contributed by atoms with Gasteiger partial charge in [-0.3, -0.25) is 4.90 Å². The third-order valence-corrected chi connectivity index (χ3v) is 6.85. The number of aliphatic hydroxyl groups is 1. The molecule has 6 heteroatoms. The number of cyclic esters (lactones) is 1. The molecule has 0 amide bonds. The number of hydrogen-bond donors (Lipinski definition) is 1. The zero-order chi connectivity index (χ0) is 20.0. The van der Waals surface area contributed by atoms with E-state index in [4.69, 9.17) is 14.2 Å². The zero-order valence-corrected chi connectivity index (χ0v) is 17.2. The lowest BCUT2D eigenvalue weighted by molar-refractivity contribution is -0.133. The van der Waals surface area contributed by atoms with Crippen LogP contribution >= 0.6 is 0 Å². The third-order valence-electron chi connectivity index (χ3n) is 6.85. The number of carbonyl (C=O) groups excluding carboxylic acids is 1. The molecule has 0 saturated carbocycles. The molecule has 6 nitrogen and oxygen atoms in total. The Kier molecular flexibility index (Phi) is 5.27. The Hall–Kier alpha value is -1.79. The molecule has 4 aliphatic heterocycles. The summed E-state index contributed by atoms with van der Waals surface area (Å²) in [4.78, 5) is 14.6. The van der Waals surface area contributed by atoms with Crippen LogP contribution in [-0.2, 0) is 19.0 Å². The Labute approximate surface area is 166 Å². The maximum Gasteiger partial charge on any atom is 0.343 e. The quantitative estimate of drug-likeness (QED) is 0.748. The van der Waals surface area contributed by atoms with E-state index in [0.29, 0.717) is 28.9 Å². The second-order valence-electron chi connectivity index (χ2n) is 8.33. The predicted molar refractivity (Wildman–Crippen MR) is 104 cm³/mol. The smallest absolute Gasteiger partial charge is 0.343 e. The van der Waals surface area contributed by atoms with E-state index in [1.54, 1.807) is 14.0 Å². The van der Waals surface area contributed by atoms with E-state index < -0.39 is 0 Å². The van der Waals surface area contributed by atoms with Gasteiger partial charge in [0.1, 0.15) is 5.76 Å². The number of allylic oxidation sites excluding steroid dienone is 1. The first-order valence-corrected chi connectivity index (χ1v) is 10.5. The number of aliphatic hydroxyl groups excluding tert-OH is 1. The molecule has 0 aromatic heterocycles. The van der Waals surface area contributed by atoms with Crippen molar-refractivity contribution in [3.05, 3.63) is 34.7 Å².